The molecule has 2 N–H and O–H groups in total. The Morgan fingerprint density at radius 3 is 2.52 bits per heavy atom. The molecule has 3 nitrogen and oxygen atoms in total. The van der Waals surface area contributed by atoms with E-state index >= 15 is 0 Å². The molecule has 0 bridgehead atoms. The Morgan fingerprint density at radius 2 is 2.05 bits per heavy atom. The monoisotopic (exact) mass is 298 g/mol. The number of likely N-dealkylation sites (N-methyl/N-ethyl adjacent to an activating group) is 1. The van der Waals surface area contributed by atoms with Gasteiger partial charge < -0.3 is 15.3 Å². The van der Waals surface area contributed by atoms with Gasteiger partial charge in [-0.3, -0.25) is 0 Å². The van der Waals surface area contributed by atoms with Gasteiger partial charge >= 0.3 is 0 Å². The summed E-state index contributed by atoms with van der Waals surface area (Å²) in [6, 6.07) is 0.545. The van der Waals surface area contributed by atoms with Gasteiger partial charge in [0.25, 0.3) is 0 Å². The predicted molar refractivity (Wildman–Crippen MR) is 91.6 cm³/mol. The van der Waals surface area contributed by atoms with Crippen LogP contribution in [0.1, 0.15) is 67.2 Å². The van der Waals surface area contributed by atoms with Crippen molar-refractivity contribution in [2.45, 2.75) is 78.9 Å². The molecule has 0 aromatic heterocycles. The summed E-state index contributed by atoms with van der Waals surface area (Å²) in [5, 5.41) is 13.8. The lowest BCUT2D eigenvalue weighted by Gasteiger charge is -2.44. The quantitative estimate of drug-likeness (QED) is 0.722. The first-order valence-electron chi connectivity index (χ1n) is 8.84. The van der Waals surface area contributed by atoms with Crippen molar-refractivity contribution in [1.82, 2.24) is 10.2 Å². The molecule has 1 fully saturated rings. The van der Waals surface area contributed by atoms with Crippen LogP contribution in [-0.2, 0) is 0 Å². The summed E-state index contributed by atoms with van der Waals surface area (Å²) < 4.78 is 0. The van der Waals surface area contributed by atoms with Gasteiger partial charge in [-0.15, -0.1) is 0 Å². The molecule has 21 heavy (non-hydrogen) atoms. The van der Waals surface area contributed by atoms with Gasteiger partial charge in [0.2, 0.25) is 0 Å². The molecule has 1 rings (SSSR count). The molecule has 0 saturated heterocycles. The van der Waals surface area contributed by atoms with Crippen LogP contribution in [0, 0.1) is 11.3 Å². The Labute approximate surface area is 132 Å². The fourth-order valence-corrected chi connectivity index (χ4v) is 3.85. The molecule has 0 aliphatic heterocycles. The topological polar surface area (TPSA) is 35.5 Å². The van der Waals surface area contributed by atoms with Crippen molar-refractivity contribution < 1.29 is 5.11 Å². The van der Waals surface area contributed by atoms with Crippen LogP contribution in [0.2, 0.25) is 0 Å². The molecule has 1 aliphatic rings. The maximum Gasteiger partial charge on any atom is 0.0718 e. The molecule has 2 atom stereocenters. The van der Waals surface area contributed by atoms with Gasteiger partial charge in [0.15, 0.2) is 0 Å². The smallest absolute Gasteiger partial charge is 0.0718 e. The first kappa shape index (κ1) is 18.9. The Balaban J connectivity index is 2.75. The standard InChI is InChI=1S/C18H38N2O/c1-7-20(13-17(5,6)21)14-18(12-19-15(2)3)10-8-9-16(4)11-18/h15-16,19,21H,7-14H2,1-6H3. The van der Waals surface area contributed by atoms with E-state index in [0.717, 1.165) is 32.1 Å². The van der Waals surface area contributed by atoms with E-state index in [1.807, 2.05) is 13.8 Å². The lowest BCUT2D eigenvalue weighted by Crippen LogP contribution is -2.50. The van der Waals surface area contributed by atoms with Crippen LogP contribution in [0.3, 0.4) is 0 Å². The van der Waals surface area contributed by atoms with Crippen molar-refractivity contribution in [3.63, 3.8) is 0 Å². The minimum atomic E-state index is -0.608. The maximum absolute atomic E-state index is 10.1. The predicted octanol–water partition coefficient (Wildman–Crippen LogP) is 3.27. The van der Waals surface area contributed by atoms with Gasteiger partial charge in [-0.2, -0.15) is 0 Å². The highest BCUT2D eigenvalue weighted by Gasteiger charge is 2.36. The summed E-state index contributed by atoms with van der Waals surface area (Å²) in [4.78, 5) is 2.44. The van der Waals surface area contributed by atoms with Gasteiger partial charge in [-0.05, 0) is 44.6 Å². The molecule has 2 unspecified atom stereocenters. The van der Waals surface area contributed by atoms with Gasteiger partial charge in [0.05, 0.1) is 5.60 Å². The van der Waals surface area contributed by atoms with Crippen LogP contribution >= 0.6 is 0 Å². The molecule has 126 valence electrons. The fourth-order valence-electron chi connectivity index (χ4n) is 3.85. The van der Waals surface area contributed by atoms with E-state index in [1.165, 1.54) is 25.7 Å². The molecular formula is C18H38N2O. The largest absolute Gasteiger partial charge is 0.389 e. The normalized spacial score (nSPS) is 27.6. The van der Waals surface area contributed by atoms with Gasteiger partial charge in [0.1, 0.15) is 0 Å². The molecular weight excluding hydrogens is 260 g/mol. The molecule has 1 saturated carbocycles. The van der Waals surface area contributed by atoms with Crippen LogP contribution in [-0.4, -0.2) is 47.8 Å². The molecule has 1 aliphatic carbocycles. The third-order valence-corrected chi connectivity index (χ3v) is 4.69. The van der Waals surface area contributed by atoms with Crippen molar-refractivity contribution in [2.75, 3.05) is 26.2 Å². The molecule has 3 heteroatoms. The van der Waals surface area contributed by atoms with Crippen LogP contribution in [0.5, 0.6) is 0 Å². The van der Waals surface area contributed by atoms with Crippen LogP contribution in [0.4, 0.5) is 0 Å². The highest BCUT2D eigenvalue weighted by Crippen LogP contribution is 2.40. The Morgan fingerprint density at radius 1 is 1.38 bits per heavy atom. The molecule has 0 amide bonds. The Bertz CT molecular complexity index is 298. The number of nitrogens with zero attached hydrogens (tertiary/aromatic N) is 1. The van der Waals surface area contributed by atoms with E-state index in [4.69, 9.17) is 0 Å². The minimum absolute atomic E-state index is 0.378. The van der Waals surface area contributed by atoms with Crippen LogP contribution in [0.15, 0.2) is 0 Å². The summed E-state index contributed by atoms with van der Waals surface area (Å²) >= 11 is 0. The van der Waals surface area contributed by atoms with Crippen LogP contribution in [0.25, 0.3) is 0 Å². The third kappa shape index (κ3) is 7.12. The summed E-state index contributed by atoms with van der Waals surface area (Å²) in [7, 11) is 0. The molecule has 0 aromatic rings. The molecule has 0 spiro atoms. The van der Waals surface area contributed by atoms with E-state index < -0.39 is 5.60 Å². The summed E-state index contributed by atoms with van der Waals surface area (Å²) in [5.74, 6) is 0.827. The van der Waals surface area contributed by atoms with E-state index in [-0.39, 0.29) is 0 Å². The number of hydrogen-bond donors (Lipinski definition) is 2. The lowest BCUT2D eigenvalue weighted by atomic mass is 9.69. The number of rotatable bonds is 8. The van der Waals surface area contributed by atoms with E-state index in [2.05, 4.69) is 37.9 Å². The SMILES string of the molecule is CCN(CC(C)(C)O)CC1(CNC(C)C)CCCC(C)C1. The van der Waals surface area contributed by atoms with E-state index in [1.54, 1.807) is 0 Å². The maximum atomic E-state index is 10.1. The second kappa shape index (κ2) is 7.94. The van der Waals surface area contributed by atoms with Gasteiger partial charge in [0, 0.05) is 25.7 Å². The fraction of sp³-hybridized carbons (Fsp3) is 1.00. The Hall–Kier alpha value is -0.120. The highest BCUT2D eigenvalue weighted by molar-refractivity contribution is 4.91. The van der Waals surface area contributed by atoms with Crippen LogP contribution < -0.4 is 5.32 Å². The average molecular weight is 299 g/mol. The molecule has 0 aromatic carbocycles. The highest BCUT2D eigenvalue weighted by atomic mass is 16.3. The zero-order chi connectivity index (χ0) is 16.1. The third-order valence-electron chi connectivity index (χ3n) is 4.69. The van der Waals surface area contributed by atoms with E-state index in [9.17, 15) is 5.11 Å². The minimum Gasteiger partial charge on any atom is -0.389 e. The second-order valence-electron chi connectivity index (χ2n) is 8.35. The van der Waals surface area contributed by atoms with Gasteiger partial charge in [-0.1, -0.05) is 40.5 Å². The summed E-state index contributed by atoms with van der Waals surface area (Å²) in [5.41, 5.74) is -0.230. The lowest BCUT2D eigenvalue weighted by molar-refractivity contribution is 0.00920. The zero-order valence-corrected chi connectivity index (χ0v) is 15.2. The number of aliphatic hydroxyl groups is 1. The number of nitrogens with one attached hydrogen (secondary N) is 1. The van der Waals surface area contributed by atoms with E-state index in [0.29, 0.717) is 11.5 Å². The average Bonchev–Trinajstić information content (AvgIpc) is 2.34. The van der Waals surface area contributed by atoms with Gasteiger partial charge in [-0.25, -0.2) is 0 Å². The van der Waals surface area contributed by atoms with Crippen molar-refractivity contribution in [3.05, 3.63) is 0 Å². The first-order chi connectivity index (χ1) is 9.66. The second-order valence-corrected chi connectivity index (χ2v) is 8.35. The first-order valence-corrected chi connectivity index (χ1v) is 8.84. The van der Waals surface area contributed by atoms with Crippen molar-refractivity contribution in [1.29, 1.82) is 0 Å². The summed E-state index contributed by atoms with van der Waals surface area (Å²) in [6.07, 6.45) is 5.36. The number of hydrogen-bond acceptors (Lipinski definition) is 3. The molecule has 0 radical (unpaired) electrons. The zero-order valence-electron chi connectivity index (χ0n) is 15.2. The summed E-state index contributed by atoms with van der Waals surface area (Å²) in [6.45, 7) is 16.9. The Kier molecular flexibility index (Phi) is 7.15. The van der Waals surface area contributed by atoms with Crippen molar-refractivity contribution in [3.8, 4) is 0 Å². The van der Waals surface area contributed by atoms with Crippen molar-refractivity contribution in [2.24, 2.45) is 11.3 Å². The van der Waals surface area contributed by atoms with Crippen molar-refractivity contribution >= 4 is 0 Å². The molecule has 0 heterocycles.